The Morgan fingerprint density at radius 2 is 2.12 bits per heavy atom. The summed E-state index contributed by atoms with van der Waals surface area (Å²) in [5.74, 6) is -0.283. The van der Waals surface area contributed by atoms with Crippen LogP contribution in [0.25, 0.3) is 0 Å². The van der Waals surface area contributed by atoms with Crippen molar-refractivity contribution in [2.24, 2.45) is 0 Å². The van der Waals surface area contributed by atoms with E-state index in [1.54, 1.807) is 36.5 Å². The van der Waals surface area contributed by atoms with Crippen molar-refractivity contribution < 1.29 is 19.1 Å². The minimum atomic E-state index is -0.440. The number of nitrogens with one attached hydrogen (secondary N) is 3. The van der Waals surface area contributed by atoms with Gasteiger partial charge >= 0.3 is 0 Å². The van der Waals surface area contributed by atoms with Gasteiger partial charge in [0.15, 0.2) is 0 Å². The molecule has 1 saturated heterocycles. The standard InChI is InChI=1S/C17H18BrN3O4/c18-12-8-15(19-9-12)17(23)21-20-16(22)11-3-1-4-13(7-11)25-10-14-5-2-6-24-14/h1,3-4,7-9,14,19H,2,5-6,10H2,(H,20,22)(H,21,23). The number of benzene rings is 1. The first-order chi connectivity index (χ1) is 12.1. The first kappa shape index (κ1) is 17.5. The van der Waals surface area contributed by atoms with Crippen LogP contribution in [0.2, 0.25) is 0 Å². The van der Waals surface area contributed by atoms with Crippen molar-refractivity contribution in [3.63, 3.8) is 0 Å². The van der Waals surface area contributed by atoms with Crippen LogP contribution in [0.15, 0.2) is 41.0 Å². The van der Waals surface area contributed by atoms with Gasteiger partial charge in [-0.2, -0.15) is 0 Å². The molecule has 2 heterocycles. The van der Waals surface area contributed by atoms with Gasteiger partial charge < -0.3 is 14.5 Å². The van der Waals surface area contributed by atoms with E-state index in [9.17, 15) is 9.59 Å². The van der Waals surface area contributed by atoms with Crippen LogP contribution in [0.1, 0.15) is 33.7 Å². The number of aromatic nitrogens is 1. The number of hydrogen-bond donors (Lipinski definition) is 3. The van der Waals surface area contributed by atoms with Gasteiger partial charge in [0.25, 0.3) is 11.8 Å². The van der Waals surface area contributed by atoms with E-state index in [-0.39, 0.29) is 6.10 Å². The van der Waals surface area contributed by atoms with Crippen LogP contribution in [0.3, 0.4) is 0 Å². The van der Waals surface area contributed by atoms with Gasteiger partial charge in [-0.05, 0) is 53.0 Å². The highest BCUT2D eigenvalue weighted by molar-refractivity contribution is 9.10. The fraction of sp³-hybridized carbons (Fsp3) is 0.294. The van der Waals surface area contributed by atoms with E-state index in [0.717, 1.165) is 23.9 Å². The van der Waals surface area contributed by atoms with Crippen LogP contribution >= 0.6 is 15.9 Å². The maximum Gasteiger partial charge on any atom is 0.286 e. The number of aromatic amines is 1. The van der Waals surface area contributed by atoms with Crippen LogP contribution in [0.5, 0.6) is 5.75 Å². The molecular weight excluding hydrogens is 390 g/mol. The summed E-state index contributed by atoms with van der Waals surface area (Å²) in [6.45, 7) is 1.23. The summed E-state index contributed by atoms with van der Waals surface area (Å²) in [5, 5.41) is 0. The molecule has 25 heavy (non-hydrogen) atoms. The molecule has 0 radical (unpaired) electrons. The Kier molecular flexibility index (Phi) is 5.72. The van der Waals surface area contributed by atoms with Crippen LogP contribution in [0, 0.1) is 0 Å². The molecule has 1 aliphatic rings. The SMILES string of the molecule is O=C(NNC(=O)c1cc(Br)c[nH]1)c1cccc(OCC2CCCO2)c1. The van der Waals surface area contributed by atoms with Crippen molar-refractivity contribution in [1.29, 1.82) is 0 Å². The molecule has 2 aromatic rings. The highest BCUT2D eigenvalue weighted by Gasteiger charge is 2.16. The lowest BCUT2D eigenvalue weighted by atomic mass is 10.2. The van der Waals surface area contributed by atoms with Gasteiger partial charge in [-0.3, -0.25) is 20.4 Å². The third-order valence-electron chi connectivity index (χ3n) is 3.74. The van der Waals surface area contributed by atoms with Gasteiger partial charge in [0.05, 0.1) is 6.10 Å². The second-order valence-electron chi connectivity index (χ2n) is 5.61. The molecule has 0 bridgehead atoms. The van der Waals surface area contributed by atoms with Gasteiger partial charge in [0, 0.05) is 22.8 Å². The average Bonchev–Trinajstić information content (AvgIpc) is 3.29. The van der Waals surface area contributed by atoms with E-state index in [1.165, 1.54) is 0 Å². The number of ether oxygens (including phenoxy) is 2. The topological polar surface area (TPSA) is 92.5 Å². The van der Waals surface area contributed by atoms with Crippen LogP contribution in [-0.2, 0) is 4.74 Å². The fourth-order valence-corrected chi connectivity index (χ4v) is 2.79. The van der Waals surface area contributed by atoms with E-state index in [4.69, 9.17) is 9.47 Å². The molecule has 3 rings (SSSR count). The molecule has 8 heteroatoms. The Hall–Kier alpha value is -2.32. The Balaban J connectivity index is 1.52. The molecule has 1 aromatic carbocycles. The zero-order valence-corrected chi connectivity index (χ0v) is 15.0. The molecule has 0 aliphatic carbocycles. The first-order valence-electron chi connectivity index (χ1n) is 7.91. The van der Waals surface area contributed by atoms with Crippen molar-refractivity contribution >= 4 is 27.7 Å². The molecule has 1 unspecified atom stereocenters. The van der Waals surface area contributed by atoms with E-state index in [0.29, 0.717) is 23.6 Å². The third-order valence-corrected chi connectivity index (χ3v) is 4.20. The highest BCUT2D eigenvalue weighted by atomic mass is 79.9. The molecule has 1 aliphatic heterocycles. The molecule has 0 saturated carbocycles. The lowest BCUT2D eigenvalue weighted by Crippen LogP contribution is -2.41. The Morgan fingerprint density at radius 1 is 1.28 bits per heavy atom. The number of halogens is 1. The second-order valence-corrected chi connectivity index (χ2v) is 6.53. The summed E-state index contributed by atoms with van der Waals surface area (Å²) < 4.78 is 11.9. The molecular formula is C17H18BrN3O4. The predicted molar refractivity (Wildman–Crippen MR) is 94.3 cm³/mol. The van der Waals surface area contributed by atoms with E-state index >= 15 is 0 Å². The van der Waals surface area contributed by atoms with Crippen LogP contribution in [0.4, 0.5) is 0 Å². The molecule has 2 amide bonds. The minimum Gasteiger partial charge on any atom is -0.491 e. The number of hydrogen-bond acceptors (Lipinski definition) is 4. The maximum absolute atomic E-state index is 12.2. The lowest BCUT2D eigenvalue weighted by Gasteiger charge is -2.12. The van der Waals surface area contributed by atoms with Gasteiger partial charge in [-0.25, -0.2) is 0 Å². The summed E-state index contributed by atoms with van der Waals surface area (Å²) in [5.41, 5.74) is 5.45. The summed E-state index contributed by atoms with van der Waals surface area (Å²) >= 11 is 3.24. The lowest BCUT2D eigenvalue weighted by molar-refractivity contribution is 0.0679. The number of rotatable bonds is 5. The molecule has 1 atom stereocenters. The number of H-pyrrole nitrogens is 1. The zero-order chi connectivity index (χ0) is 17.6. The van der Waals surface area contributed by atoms with Gasteiger partial charge in [0.1, 0.15) is 18.1 Å². The summed E-state index contributed by atoms with van der Waals surface area (Å²) in [6, 6.07) is 8.39. The Labute approximate surface area is 153 Å². The number of amides is 2. The maximum atomic E-state index is 12.2. The summed E-state index contributed by atoms with van der Waals surface area (Å²) in [4.78, 5) is 26.8. The van der Waals surface area contributed by atoms with Crippen molar-refractivity contribution in [3.05, 3.63) is 52.3 Å². The number of carbonyl (C=O) groups is 2. The van der Waals surface area contributed by atoms with Crippen molar-refractivity contribution in [1.82, 2.24) is 15.8 Å². The van der Waals surface area contributed by atoms with Gasteiger partial charge in [0.2, 0.25) is 0 Å². The highest BCUT2D eigenvalue weighted by Crippen LogP contribution is 2.17. The predicted octanol–water partition coefficient (Wildman–Crippen LogP) is 2.41. The normalized spacial score (nSPS) is 16.4. The van der Waals surface area contributed by atoms with E-state index in [2.05, 4.69) is 31.8 Å². The minimum absolute atomic E-state index is 0.108. The first-order valence-corrected chi connectivity index (χ1v) is 8.70. The number of carbonyl (C=O) groups excluding carboxylic acids is 2. The third kappa shape index (κ3) is 4.83. The summed E-state index contributed by atoms with van der Waals surface area (Å²) in [7, 11) is 0. The molecule has 132 valence electrons. The van der Waals surface area contributed by atoms with Crippen LogP contribution in [-0.4, -0.2) is 36.1 Å². The van der Waals surface area contributed by atoms with Crippen molar-refractivity contribution in [3.8, 4) is 5.75 Å². The van der Waals surface area contributed by atoms with Gasteiger partial charge in [-0.1, -0.05) is 6.07 Å². The molecule has 7 nitrogen and oxygen atoms in total. The zero-order valence-electron chi connectivity index (χ0n) is 13.4. The second kappa shape index (κ2) is 8.17. The quantitative estimate of drug-likeness (QED) is 0.663. The van der Waals surface area contributed by atoms with Gasteiger partial charge in [-0.15, -0.1) is 0 Å². The molecule has 1 aromatic heterocycles. The van der Waals surface area contributed by atoms with E-state index < -0.39 is 11.8 Å². The summed E-state index contributed by atoms with van der Waals surface area (Å²) in [6.07, 6.45) is 3.78. The Bertz CT molecular complexity index is 756. The smallest absolute Gasteiger partial charge is 0.286 e. The largest absolute Gasteiger partial charge is 0.491 e. The van der Waals surface area contributed by atoms with Crippen LogP contribution < -0.4 is 15.6 Å². The molecule has 3 N–H and O–H groups in total. The molecule has 0 spiro atoms. The average molecular weight is 408 g/mol. The van der Waals surface area contributed by atoms with Crippen molar-refractivity contribution in [2.45, 2.75) is 18.9 Å². The molecule has 1 fully saturated rings. The monoisotopic (exact) mass is 407 g/mol. The van der Waals surface area contributed by atoms with Crippen molar-refractivity contribution in [2.75, 3.05) is 13.2 Å². The number of hydrazine groups is 1. The van der Waals surface area contributed by atoms with E-state index in [1.807, 2.05) is 0 Å². The Morgan fingerprint density at radius 3 is 2.84 bits per heavy atom. The fourth-order valence-electron chi connectivity index (χ4n) is 2.44.